The fraction of sp³-hybridized carbons (Fsp3) is 0.423. The number of benzene rings is 2. The van der Waals surface area contributed by atoms with Crippen LogP contribution in [0.1, 0.15) is 49.9 Å². The molecule has 2 aromatic carbocycles. The molecule has 4 atom stereocenters. The number of ether oxygens (including phenoxy) is 2. The average molecular weight is 588 g/mol. The second kappa shape index (κ2) is 10.8. The Kier molecular flexibility index (Phi) is 8.00. The molecule has 0 saturated heterocycles. The SMILES string of the molecule is CC(=O)OCC1(OC(C)=O)CC2CC[C@H](C1)C2S(=O)(=O)c1cc(C(=O)Nc2cc(F)c(F)c(F)c2)ccc1Cl. The molecule has 210 valence electrons. The van der Waals surface area contributed by atoms with Crippen molar-refractivity contribution in [3.05, 3.63) is 58.4 Å². The number of esters is 2. The number of hydrogen-bond acceptors (Lipinski definition) is 7. The van der Waals surface area contributed by atoms with Crippen LogP contribution in [0.25, 0.3) is 0 Å². The molecule has 0 aromatic heterocycles. The van der Waals surface area contributed by atoms with E-state index in [1.54, 1.807) is 0 Å². The smallest absolute Gasteiger partial charge is 0.303 e. The molecule has 39 heavy (non-hydrogen) atoms. The van der Waals surface area contributed by atoms with Gasteiger partial charge in [0.1, 0.15) is 12.2 Å². The van der Waals surface area contributed by atoms with Crippen molar-refractivity contribution >= 4 is 45.0 Å². The van der Waals surface area contributed by atoms with Crippen molar-refractivity contribution in [3.8, 4) is 0 Å². The molecule has 2 aromatic rings. The van der Waals surface area contributed by atoms with Crippen LogP contribution in [0, 0.1) is 29.3 Å². The van der Waals surface area contributed by atoms with Crippen LogP contribution in [-0.2, 0) is 28.9 Å². The van der Waals surface area contributed by atoms with E-state index in [1.165, 1.54) is 26.0 Å². The third-order valence-corrected chi connectivity index (χ3v) is 9.98. The second-order valence-corrected chi connectivity index (χ2v) is 12.4. The van der Waals surface area contributed by atoms with Crippen molar-refractivity contribution in [2.24, 2.45) is 11.8 Å². The topological polar surface area (TPSA) is 116 Å². The number of hydrogen-bond donors (Lipinski definition) is 1. The highest BCUT2D eigenvalue weighted by Gasteiger charge is 2.56. The Bertz CT molecular complexity index is 1410. The van der Waals surface area contributed by atoms with Crippen molar-refractivity contribution < 1.29 is 45.4 Å². The van der Waals surface area contributed by atoms with Gasteiger partial charge in [0.05, 0.1) is 15.2 Å². The van der Waals surface area contributed by atoms with Gasteiger partial charge in [-0.3, -0.25) is 14.4 Å². The highest BCUT2D eigenvalue weighted by molar-refractivity contribution is 7.92. The molecule has 1 N–H and O–H groups in total. The summed E-state index contributed by atoms with van der Waals surface area (Å²) < 4.78 is 78.8. The van der Waals surface area contributed by atoms with Gasteiger partial charge in [0.25, 0.3) is 5.91 Å². The molecule has 13 heteroatoms. The fourth-order valence-corrected chi connectivity index (χ4v) is 8.58. The molecule has 2 aliphatic carbocycles. The van der Waals surface area contributed by atoms with E-state index in [1.807, 2.05) is 0 Å². The van der Waals surface area contributed by atoms with E-state index >= 15 is 0 Å². The van der Waals surface area contributed by atoms with Crippen LogP contribution in [0.2, 0.25) is 5.02 Å². The minimum atomic E-state index is -4.12. The number of amides is 1. The van der Waals surface area contributed by atoms with Gasteiger partial charge < -0.3 is 14.8 Å². The number of carbonyl (C=O) groups is 3. The Morgan fingerprint density at radius 3 is 2.13 bits per heavy atom. The predicted octanol–water partition coefficient (Wildman–Crippen LogP) is 4.84. The van der Waals surface area contributed by atoms with Crippen LogP contribution in [0.5, 0.6) is 0 Å². The first-order valence-corrected chi connectivity index (χ1v) is 14.0. The van der Waals surface area contributed by atoms with Crippen molar-refractivity contribution in [2.75, 3.05) is 11.9 Å². The number of carbonyl (C=O) groups excluding carboxylic acids is 3. The molecule has 4 rings (SSSR count). The second-order valence-electron chi connectivity index (χ2n) is 9.93. The Morgan fingerprint density at radius 1 is 1.00 bits per heavy atom. The minimum Gasteiger partial charge on any atom is -0.462 e. The summed E-state index contributed by atoms with van der Waals surface area (Å²) in [5.74, 6) is -7.62. The molecule has 2 saturated carbocycles. The third kappa shape index (κ3) is 5.91. The molecule has 2 fully saturated rings. The van der Waals surface area contributed by atoms with Crippen LogP contribution in [-0.4, -0.2) is 43.7 Å². The quantitative estimate of drug-likeness (QED) is 0.364. The molecule has 2 bridgehead atoms. The van der Waals surface area contributed by atoms with E-state index in [-0.39, 0.29) is 40.6 Å². The number of anilines is 1. The summed E-state index contributed by atoms with van der Waals surface area (Å²) >= 11 is 6.27. The maximum absolute atomic E-state index is 13.9. The molecule has 2 aliphatic rings. The summed E-state index contributed by atoms with van der Waals surface area (Å²) in [6.07, 6.45) is 1.35. The summed E-state index contributed by atoms with van der Waals surface area (Å²) in [7, 11) is -4.12. The van der Waals surface area contributed by atoms with Crippen LogP contribution in [0.15, 0.2) is 35.2 Å². The number of fused-ring (bicyclic) bond motifs is 2. The first-order chi connectivity index (χ1) is 18.2. The van der Waals surface area contributed by atoms with E-state index in [0.29, 0.717) is 25.0 Å². The van der Waals surface area contributed by atoms with Gasteiger partial charge in [-0.25, -0.2) is 21.6 Å². The van der Waals surface area contributed by atoms with E-state index in [2.05, 4.69) is 5.32 Å². The van der Waals surface area contributed by atoms with E-state index in [9.17, 15) is 36.0 Å². The van der Waals surface area contributed by atoms with Gasteiger partial charge in [-0.2, -0.15) is 0 Å². The highest BCUT2D eigenvalue weighted by Crippen LogP contribution is 2.52. The molecule has 0 radical (unpaired) electrons. The third-order valence-electron chi connectivity index (χ3n) is 7.10. The first kappa shape index (κ1) is 28.9. The Morgan fingerprint density at radius 2 is 1.59 bits per heavy atom. The predicted molar refractivity (Wildman–Crippen MR) is 133 cm³/mol. The summed E-state index contributed by atoms with van der Waals surface area (Å²) in [6.45, 7) is 2.26. The molecule has 1 amide bonds. The molecule has 0 spiro atoms. The monoisotopic (exact) mass is 587 g/mol. The molecule has 8 nitrogen and oxygen atoms in total. The fourth-order valence-electron chi connectivity index (χ4n) is 5.73. The van der Waals surface area contributed by atoms with E-state index < -0.39 is 67.8 Å². The van der Waals surface area contributed by atoms with Crippen LogP contribution in [0.3, 0.4) is 0 Å². The van der Waals surface area contributed by atoms with Crippen LogP contribution < -0.4 is 5.32 Å². The van der Waals surface area contributed by atoms with Gasteiger partial charge in [-0.05, 0) is 55.7 Å². The maximum atomic E-state index is 13.9. The minimum absolute atomic E-state index is 0.124. The summed E-state index contributed by atoms with van der Waals surface area (Å²) in [6, 6.07) is 4.73. The number of halogens is 4. The van der Waals surface area contributed by atoms with Crippen LogP contribution in [0.4, 0.5) is 18.9 Å². The van der Waals surface area contributed by atoms with Gasteiger partial charge in [0.2, 0.25) is 0 Å². The lowest BCUT2D eigenvalue weighted by atomic mass is 9.77. The molecular formula is C26H25ClF3NO7S. The summed E-state index contributed by atoms with van der Waals surface area (Å²) in [5.41, 5.74) is -1.67. The lowest BCUT2D eigenvalue weighted by molar-refractivity contribution is -0.177. The first-order valence-electron chi connectivity index (χ1n) is 12.0. The zero-order valence-corrected chi connectivity index (χ0v) is 22.5. The van der Waals surface area contributed by atoms with Crippen molar-refractivity contribution in [1.82, 2.24) is 0 Å². The summed E-state index contributed by atoms with van der Waals surface area (Å²) in [4.78, 5) is 35.7. The van der Waals surface area contributed by atoms with Gasteiger partial charge >= 0.3 is 11.9 Å². The Hall–Kier alpha value is -3.12. The zero-order valence-electron chi connectivity index (χ0n) is 20.9. The Balaban J connectivity index is 1.61. The van der Waals surface area contributed by atoms with E-state index in [4.69, 9.17) is 21.1 Å². The lowest BCUT2D eigenvalue weighted by Gasteiger charge is -2.42. The zero-order chi connectivity index (χ0) is 28.7. The van der Waals surface area contributed by atoms with Gasteiger partial charge in [0.15, 0.2) is 27.3 Å². The number of nitrogens with one attached hydrogen (secondary N) is 1. The lowest BCUT2D eigenvalue weighted by Crippen LogP contribution is -2.51. The van der Waals surface area contributed by atoms with Gasteiger partial charge in [-0.1, -0.05) is 11.6 Å². The number of sulfone groups is 1. The van der Waals surface area contributed by atoms with E-state index in [0.717, 1.165) is 6.07 Å². The highest BCUT2D eigenvalue weighted by atomic mass is 35.5. The van der Waals surface area contributed by atoms with Gasteiger partial charge in [-0.15, -0.1) is 0 Å². The van der Waals surface area contributed by atoms with Crippen LogP contribution >= 0.6 is 11.6 Å². The normalized spacial score (nSPS) is 24.2. The molecule has 0 aliphatic heterocycles. The van der Waals surface area contributed by atoms with Crippen molar-refractivity contribution in [2.45, 2.75) is 55.3 Å². The van der Waals surface area contributed by atoms with Gasteiger partial charge in [0, 0.05) is 37.2 Å². The molecular weight excluding hydrogens is 563 g/mol. The van der Waals surface area contributed by atoms with Crippen molar-refractivity contribution in [3.63, 3.8) is 0 Å². The summed E-state index contributed by atoms with van der Waals surface area (Å²) in [5, 5.41) is 1.20. The average Bonchev–Trinajstić information content (AvgIpc) is 3.14. The largest absolute Gasteiger partial charge is 0.462 e. The number of rotatable bonds is 7. The maximum Gasteiger partial charge on any atom is 0.303 e. The molecule has 3 unspecified atom stereocenters. The molecule has 0 heterocycles. The van der Waals surface area contributed by atoms with Crippen molar-refractivity contribution in [1.29, 1.82) is 0 Å². The Labute approximate surface area is 227 Å². The standard InChI is InChI=1S/C26H25ClF3NO7S/c1-13(32)37-12-26(38-14(2)33)10-16-3-4-17(11-26)24(16)39(35,36)22-7-15(5-6-19(22)27)25(34)31-18-8-20(28)23(30)21(29)9-18/h5-9,16-17,24H,3-4,10-12H2,1-2H3,(H,31,34)/t16-,17?,24?,26?/m1/s1.